The Kier molecular flexibility index (Phi) is 5.40. The van der Waals surface area contributed by atoms with E-state index in [0.29, 0.717) is 12.5 Å². The molecule has 0 spiro atoms. The van der Waals surface area contributed by atoms with Gasteiger partial charge < -0.3 is 10.6 Å². The van der Waals surface area contributed by atoms with Crippen LogP contribution in [0.2, 0.25) is 0 Å². The van der Waals surface area contributed by atoms with Gasteiger partial charge in [0.05, 0.1) is 6.54 Å². The van der Waals surface area contributed by atoms with E-state index < -0.39 is 0 Å². The van der Waals surface area contributed by atoms with Gasteiger partial charge in [-0.15, -0.1) is 0 Å². The van der Waals surface area contributed by atoms with E-state index in [2.05, 4.69) is 36.3 Å². The van der Waals surface area contributed by atoms with Crippen molar-refractivity contribution in [3.8, 4) is 0 Å². The number of nitrogens with one attached hydrogen (secondary N) is 2. The lowest BCUT2D eigenvalue weighted by Gasteiger charge is -2.39. The van der Waals surface area contributed by atoms with Crippen LogP contribution in [0.5, 0.6) is 0 Å². The molecule has 0 bridgehead atoms. The summed E-state index contributed by atoms with van der Waals surface area (Å²) in [5, 5.41) is 6.33. The predicted octanol–water partition coefficient (Wildman–Crippen LogP) is 0.833. The maximum absolute atomic E-state index is 11.7. The van der Waals surface area contributed by atoms with Gasteiger partial charge in [0, 0.05) is 25.2 Å². The van der Waals surface area contributed by atoms with Crippen LogP contribution >= 0.6 is 0 Å². The summed E-state index contributed by atoms with van der Waals surface area (Å²) in [6, 6.07) is 0. The quantitative estimate of drug-likeness (QED) is 0.749. The maximum Gasteiger partial charge on any atom is 0.234 e. The Morgan fingerprint density at radius 2 is 1.94 bits per heavy atom. The van der Waals surface area contributed by atoms with Crippen LogP contribution in [0.25, 0.3) is 0 Å². The fourth-order valence-electron chi connectivity index (χ4n) is 2.03. The van der Waals surface area contributed by atoms with E-state index in [9.17, 15) is 4.79 Å². The molecule has 1 rings (SSSR count). The second-order valence-corrected chi connectivity index (χ2v) is 5.78. The lowest BCUT2D eigenvalue weighted by Crippen LogP contribution is -2.51. The average Bonchev–Trinajstić information content (AvgIpc) is 2.30. The summed E-state index contributed by atoms with van der Waals surface area (Å²) in [4.78, 5) is 13.9. The predicted molar refractivity (Wildman–Crippen MR) is 71.0 cm³/mol. The van der Waals surface area contributed by atoms with Crippen LogP contribution in [0.3, 0.4) is 0 Å². The molecule has 0 saturated carbocycles. The Balaban J connectivity index is 2.24. The number of amides is 1. The SMILES string of the molecule is CNC1(C)CCN(CC(=O)NCC(C)C)CC1. The smallest absolute Gasteiger partial charge is 0.234 e. The Bertz CT molecular complexity index is 245. The van der Waals surface area contributed by atoms with Crippen LogP contribution in [-0.2, 0) is 4.79 Å². The van der Waals surface area contributed by atoms with Crippen LogP contribution < -0.4 is 10.6 Å². The van der Waals surface area contributed by atoms with Gasteiger partial charge in [-0.25, -0.2) is 0 Å². The van der Waals surface area contributed by atoms with Gasteiger partial charge >= 0.3 is 0 Å². The van der Waals surface area contributed by atoms with E-state index in [0.717, 1.165) is 32.5 Å². The van der Waals surface area contributed by atoms with E-state index in [1.807, 2.05) is 7.05 Å². The third-order valence-corrected chi connectivity index (χ3v) is 3.64. The summed E-state index contributed by atoms with van der Waals surface area (Å²) in [6.45, 7) is 9.81. The maximum atomic E-state index is 11.7. The molecule has 0 radical (unpaired) electrons. The molecule has 1 aliphatic heterocycles. The van der Waals surface area contributed by atoms with Crippen LogP contribution in [0.4, 0.5) is 0 Å². The molecular weight excluding hydrogens is 214 g/mol. The number of rotatable bonds is 5. The number of nitrogens with zero attached hydrogens (tertiary/aromatic N) is 1. The Morgan fingerprint density at radius 3 is 2.41 bits per heavy atom. The van der Waals surface area contributed by atoms with Crippen LogP contribution in [-0.4, -0.2) is 49.6 Å². The molecule has 17 heavy (non-hydrogen) atoms. The van der Waals surface area contributed by atoms with Crippen molar-refractivity contribution in [2.45, 2.75) is 39.2 Å². The molecule has 1 amide bonds. The van der Waals surface area contributed by atoms with Gasteiger partial charge in [0.25, 0.3) is 0 Å². The highest BCUT2D eigenvalue weighted by Gasteiger charge is 2.28. The Morgan fingerprint density at radius 1 is 1.35 bits per heavy atom. The number of hydrogen-bond donors (Lipinski definition) is 2. The van der Waals surface area contributed by atoms with Gasteiger partial charge in [0.15, 0.2) is 0 Å². The first-order chi connectivity index (χ1) is 7.95. The molecule has 0 aromatic rings. The lowest BCUT2D eigenvalue weighted by atomic mass is 9.90. The summed E-state index contributed by atoms with van der Waals surface area (Å²) < 4.78 is 0. The summed E-state index contributed by atoms with van der Waals surface area (Å²) in [6.07, 6.45) is 2.22. The molecule has 0 atom stereocenters. The van der Waals surface area contributed by atoms with E-state index in [4.69, 9.17) is 0 Å². The first kappa shape index (κ1) is 14.5. The first-order valence-corrected chi connectivity index (χ1v) is 6.63. The number of carbonyl (C=O) groups excluding carboxylic acids is 1. The molecule has 4 nitrogen and oxygen atoms in total. The second-order valence-electron chi connectivity index (χ2n) is 5.78. The zero-order chi connectivity index (χ0) is 12.9. The molecule has 1 aliphatic rings. The van der Waals surface area contributed by atoms with Gasteiger partial charge in [-0.2, -0.15) is 0 Å². The molecule has 4 heteroatoms. The highest BCUT2D eigenvalue weighted by molar-refractivity contribution is 5.78. The van der Waals surface area contributed by atoms with Crippen molar-refractivity contribution in [3.63, 3.8) is 0 Å². The molecule has 1 fully saturated rings. The fourth-order valence-corrected chi connectivity index (χ4v) is 2.03. The molecule has 0 aromatic heterocycles. The minimum absolute atomic E-state index is 0.159. The third kappa shape index (κ3) is 5.04. The highest BCUT2D eigenvalue weighted by Crippen LogP contribution is 2.20. The molecule has 1 saturated heterocycles. The molecule has 1 heterocycles. The second kappa shape index (κ2) is 6.36. The van der Waals surface area contributed by atoms with Crippen LogP contribution in [0.15, 0.2) is 0 Å². The number of likely N-dealkylation sites (tertiary alicyclic amines) is 1. The minimum Gasteiger partial charge on any atom is -0.355 e. The van der Waals surface area contributed by atoms with Gasteiger partial charge in [-0.05, 0) is 32.7 Å². The van der Waals surface area contributed by atoms with Crippen LogP contribution in [0.1, 0.15) is 33.6 Å². The fraction of sp³-hybridized carbons (Fsp3) is 0.923. The molecule has 2 N–H and O–H groups in total. The molecule has 100 valence electrons. The highest BCUT2D eigenvalue weighted by atomic mass is 16.2. The van der Waals surface area contributed by atoms with Gasteiger partial charge in [0.2, 0.25) is 5.91 Å². The van der Waals surface area contributed by atoms with Gasteiger partial charge in [-0.1, -0.05) is 13.8 Å². The first-order valence-electron chi connectivity index (χ1n) is 6.63. The molecule has 0 unspecified atom stereocenters. The largest absolute Gasteiger partial charge is 0.355 e. The average molecular weight is 241 g/mol. The van der Waals surface area contributed by atoms with E-state index in [1.54, 1.807) is 0 Å². The zero-order valence-corrected chi connectivity index (χ0v) is 11.7. The summed E-state index contributed by atoms with van der Waals surface area (Å²) in [7, 11) is 2.02. The minimum atomic E-state index is 0.159. The topological polar surface area (TPSA) is 44.4 Å². The molecular formula is C13H27N3O. The number of hydrogen-bond acceptors (Lipinski definition) is 3. The van der Waals surface area contributed by atoms with Crippen molar-refractivity contribution in [3.05, 3.63) is 0 Å². The Labute approximate surface area is 105 Å². The van der Waals surface area contributed by atoms with Crippen molar-refractivity contribution in [1.29, 1.82) is 0 Å². The molecule has 0 aliphatic carbocycles. The van der Waals surface area contributed by atoms with E-state index in [1.165, 1.54) is 0 Å². The van der Waals surface area contributed by atoms with Gasteiger partial charge in [0.1, 0.15) is 0 Å². The Hall–Kier alpha value is -0.610. The van der Waals surface area contributed by atoms with Crippen molar-refractivity contribution in [2.75, 3.05) is 33.2 Å². The van der Waals surface area contributed by atoms with Crippen molar-refractivity contribution < 1.29 is 4.79 Å². The van der Waals surface area contributed by atoms with Crippen molar-refractivity contribution in [2.24, 2.45) is 5.92 Å². The summed E-state index contributed by atoms with van der Waals surface area (Å²) in [5.41, 5.74) is 0.255. The van der Waals surface area contributed by atoms with E-state index >= 15 is 0 Å². The normalized spacial score (nSPS) is 20.5. The van der Waals surface area contributed by atoms with E-state index in [-0.39, 0.29) is 11.4 Å². The summed E-state index contributed by atoms with van der Waals surface area (Å²) >= 11 is 0. The van der Waals surface area contributed by atoms with Crippen molar-refractivity contribution >= 4 is 5.91 Å². The van der Waals surface area contributed by atoms with Gasteiger partial charge in [-0.3, -0.25) is 9.69 Å². The number of carbonyl (C=O) groups is 1. The third-order valence-electron chi connectivity index (χ3n) is 3.64. The monoisotopic (exact) mass is 241 g/mol. The van der Waals surface area contributed by atoms with Crippen LogP contribution in [0, 0.1) is 5.92 Å². The summed E-state index contributed by atoms with van der Waals surface area (Å²) in [5.74, 6) is 0.680. The number of piperidine rings is 1. The standard InChI is InChI=1S/C13H27N3O/c1-11(2)9-15-12(17)10-16-7-5-13(3,14-4)6-8-16/h11,14H,5-10H2,1-4H3,(H,15,17). The zero-order valence-electron chi connectivity index (χ0n) is 11.7. The molecule has 0 aromatic carbocycles. The van der Waals surface area contributed by atoms with Crippen molar-refractivity contribution in [1.82, 2.24) is 15.5 Å². The lowest BCUT2D eigenvalue weighted by molar-refractivity contribution is -0.122.